The van der Waals surface area contributed by atoms with E-state index >= 15 is 0 Å². The van der Waals surface area contributed by atoms with Gasteiger partial charge in [0.1, 0.15) is 5.76 Å². The Kier molecular flexibility index (Phi) is 3.39. The minimum Gasteiger partial charge on any atom is -0.429 e. The molecule has 0 saturated heterocycles. The summed E-state index contributed by atoms with van der Waals surface area (Å²) in [5.74, 6) is 0.229. The highest BCUT2D eigenvalue weighted by atomic mass is 16.5. The van der Waals surface area contributed by atoms with Crippen LogP contribution in [0.1, 0.15) is 0 Å². The number of carbonyl (C=O) groups is 1. The van der Waals surface area contributed by atoms with Crippen molar-refractivity contribution in [3.05, 3.63) is 24.5 Å². The van der Waals surface area contributed by atoms with Gasteiger partial charge in [0.25, 0.3) is 6.47 Å². The van der Waals surface area contributed by atoms with Crippen LogP contribution in [-0.2, 0) is 9.53 Å². The van der Waals surface area contributed by atoms with Crippen molar-refractivity contribution in [1.29, 1.82) is 0 Å². The maximum absolute atomic E-state index is 9.67. The van der Waals surface area contributed by atoms with Crippen LogP contribution >= 0.6 is 0 Å². The first kappa shape index (κ1) is 7.91. The molecule has 3 heteroatoms. The third-order valence-corrected chi connectivity index (χ3v) is 0.831. The molecule has 0 atom stereocenters. The number of hydrogen-bond donors (Lipinski definition) is 1. The molecule has 0 spiro atoms. The van der Waals surface area contributed by atoms with Gasteiger partial charge < -0.3 is 10.5 Å². The maximum atomic E-state index is 9.67. The molecular formula is C6H9NO2. The Morgan fingerprint density at radius 3 is 2.56 bits per heavy atom. The highest BCUT2D eigenvalue weighted by Gasteiger charge is 1.95. The second-order valence-electron chi connectivity index (χ2n) is 1.44. The van der Waals surface area contributed by atoms with Crippen molar-refractivity contribution in [1.82, 2.24) is 0 Å². The first-order valence-electron chi connectivity index (χ1n) is 2.39. The molecule has 0 saturated carbocycles. The van der Waals surface area contributed by atoms with E-state index in [0.29, 0.717) is 12.0 Å². The summed E-state index contributed by atoms with van der Waals surface area (Å²) in [7, 11) is 0. The van der Waals surface area contributed by atoms with Gasteiger partial charge in [0.2, 0.25) is 0 Å². The summed E-state index contributed by atoms with van der Waals surface area (Å²) in [6.07, 6.45) is 0. The minimum absolute atomic E-state index is 0.229. The van der Waals surface area contributed by atoms with Gasteiger partial charge in [-0.25, -0.2) is 0 Å². The molecule has 0 bridgehead atoms. The zero-order chi connectivity index (χ0) is 7.28. The molecule has 0 aliphatic rings. The standard InChI is InChI=1S/C6H9NO2/c1-5(3-7)6(2)9-4-8/h4H,1-3,7H2. The van der Waals surface area contributed by atoms with Gasteiger partial charge in [-0.1, -0.05) is 13.2 Å². The van der Waals surface area contributed by atoms with Gasteiger partial charge in [0, 0.05) is 12.1 Å². The molecular weight excluding hydrogens is 118 g/mol. The summed E-state index contributed by atoms with van der Waals surface area (Å²) in [5, 5.41) is 0. The lowest BCUT2D eigenvalue weighted by Crippen LogP contribution is -2.05. The minimum atomic E-state index is 0.229. The molecule has 0 rings (SSSR count). The Labute approximate surface area is 53.8 Å². The fourth-order valence-corrected chi connectivity index (χ4v) is 0.255. The quantitative estimate of drug-likeness (QED) is 0.333. The Hall–Kier alpha value is -1.09. The molecule has 0 radical (unpaired) electrons. The summed E-state index contributed by atoms with van der Waals surface area (Å²) >= 11 is 0. The monoisotopic (exact) mass is 127 g/mol. The van der Waals surface area contributed by atoms with E-state index in [-0.39, 0.29) is 12.3 Å². The molecule has 0 aliphatic carbocycles. The first-order chi connectivity index (χ1) is 4.22. The van der Waals surface area contributed by atoms with Crippen LogP contribution in [0.4, 0.5) is 0 Å². The lowest BCUT2D eigenvalue weighted by Gasteiger charge is -2.01. The Morgan fingerprint density at radius 2 is 2.22 bits per heavy atom. The van der Waals surface area contributed by atoms with Gasteiger partial charge in [-0.2, -0.15) is 0 Å². The van der Waals surface area contributed by atoms with E-state index in [2.05, 4.69) is 17.9 Å². The van der Waals surface area contributed by atoms with Gasteiger partial charge in [-0.3, -0.25) is 4.79 Å². The summed E-state index contributed by atoms with van der Waals surface area (Å²) in [4.78, 5) is 9.67. The smallest absolute Gasteiger partial charge is 0.298 e. The van der Waals surface area contributed by atoms with Crippen LogP contribution in [0.25, 0.3) is 0 Å². The first-order valence-corrected chi connectivity index (χ1v) is 2.39. The Balaban J connectivity index is 3.73. The molecule has 50 valence electrons. The summed E-state index contributed by atoms with van der Waals surface area (Å²) in [6.45, 7) is 7.42. The van der Waals surface area contributed by atoms with Crippen LogP contribution in [0.2, 0.25) is 0 Å². The van der Waals surface area contributed by atoms with E-state index in [1.165, 1.54) is 0 Å². The van der Waals surface area contributed by atoms with E-state index in [1.54, 1.807) is 0 Å². The van der Waals surface area contributed by atoms with Crippen molar-refractivity contribution in [2.24, 2.45) is 5.73 Å². The van der Waals surface area contributed by atoms with Crippen LogP contribution in [0.3, 0.4) is 0 Å². The summed E-state index contributed by atoms with van der Waals surface area (Å²) in [5.41, 5.74) is 5.68. The lowest BCUT2D eigenvalue weighted by molar-refractivity contribution is -0.124. The van der Waals surface area contributed by atoms with Gasteiger partial charge in [-0.15, -0.1) is 0 Å². The van der Waals surface area contributed by atoms with Crippen LogP contribution in [0, 0.1) is 0 Å². The van der Waals surface area contributed by atoms with Crippen molar-refractivity contribution < 1.29 is 9.53 Å². The SMILES string of the molecule is C=C(CN)C(=C)OC=O. The second-order valence-corrected chi connectivity index (χ2v) is 1.44. The second kappa shape index (κ2) is 3.86. The van der Waals surface area contributed by atoms with Crippen LogP contribution < -0.4 is 5.73 Å². The van der Waals surface area contributed by atoms with Crippen molar-refractivity contribution in [2.75, 3.05) is 6.54 Å². The predicted octanol–water partition coefficient (Wildman–Crippen LogP) is 0.188. The molecule has 0 aromatic heterocycles. The molecule has 0 aliphatic heterocycles. The largest absolute Gasteiger partial charge is 0.429 e. The van der Waals surface area contributed by atoms with Crippen molar-refractivity contribution in [3.8, 4) is 0 Å². The average Bonchev–Trinajstić information content (AvgIpc) is 1.87. The number of ether oxygens (including phenoxy) is 1. The maximum Gasteiger partial charge on any atom is 0.298 e. The molecule has 2 N–H and O–H groups in total. The molecule has 0 aromatic rings. The van der Waals surface area contributed by atoms with Crippen LogP contribution in [-0.4, -0.2) is 13.0 Å². The van der Waals surface area contributed by atoms with E-state index < -0.39 is 0 Å². The van der Waals surface area contributed by atoms with Crippen molar-refractivity contribution in [2.45, 2.75) is 0 Å². The van der Waals surface area contributed by atoms with Gasteiger partial charge in [0.05, 0.1) is 0 Å². The number of hydrogen-bond acceptors (Lipinski definition) is 3. The highest BCUT2D eigenvalue weighted by molar-refractivity contribution is 5.42. The Morgan fingerprint density at radius 1 is 1.67 bits per heavy atom. The molecule has 0 fully saturated rings. The molecule has 3 nitrogen and oxygen atoms in total. The fraction of sp³-hybridized carbons (Fsp3) is 0.167. The highest BCUT2D eigenvalue weighted by Crippen LogP contribution is 2.01. The normalized spacial score (nSPS) is 8.11. The van der Waals surface area contributed by atoms with Gasteiger partial charge in [0.15, 0.2) is 0 Å². The summed E-state index contributed by atoms with van der Waals surface area (Å²) in [6, 6.07) is 0. The topological polar surface area (TPSA) is 52.3 Å². The van der Waals surface area contributed by atoms with Gasteiger partial charge in [-0.05, 0) is 0 Å². The van der Waals surface area contributed by atoms with Crippen molar-refractivity contribution >= 4 is 6.47 Å². The zero-order valence-corrected chi connectivity index (χ0v) is 5.09. The number of rotatable bonds is 4. The molecule has 0 aromatic carbocycles. The number of nitrogens with two attached hydrogens (primary N) is 1. The van der Waals surface area contributed by atoms with E-state index in [1.807, 2.05) is 0 Å². The van der Waals surface area contributed by atoms with E-state index in [9.17, 15) is 4.79 Å². The third-order valence-electron chi connectivity index (χ3n) is 0.831. The Bertz CT molecular complexity index is 140. The fourth-order valence-electron chi connectivity index (χ4n) is 0.255. The molecule has 9 heavy (non-hydrogen) atoms. The predicted molar refractivity (Wildman–Crippen MR) is 34.5 cm³/mol. The van der Waals surface area contributed by atoms with E-state index in [4.69, 9.17) is 5.73 Å². The van der Waals surface area contributed by atoms with Crippen LogP contribution in [0.15, 0.2) is 24.5 Å². The molecule has 0 amide bonds. The molecule has 0 heterocycles. The van der Waals surface area contributed by atoms with Gasteiger partial charge >= 0.3 is 0 Å². The lowest BCUT2D eigenvalue weighted by atomic mass is 10.3. The van der Waals surface area contributed by atoms with Crippen LogP contribution in [0.5, 0.6) is 0 Å². The average molecular weight is 127 g/mol. The van der Waals surface area contributed by atoms with Crippen molar-refractivity contribution in [3.63, 3.8) is 0 Å². The third kappa shape index (κ3) is 2.66. The zero-order valence-electron chi connectivity index (χ0n) is 5.09. The summed E-state index contributed by atoms with van der Waals surface area (Å²) < 4.78 is 4.34. The number of carbonyl (C=O) groups excluding carboxylic acids is 1. The van der Waals surface area contributed by atoms with E-state index in [0.717, 1.165) is 0 Å². The molecule has 0 unspecified atom stereocenters.